The molecular formula is C26H30N4S. The van der Waals surface area contributed by atoms with Crippen LogP contribution in [0.3, 0.4) is 0 Å². The van der Waals surface area contributed by atoms with Crippen LogP contribution in [0.15, 0.2) is 40.7 Å². The summed E-state index contributed by atoms with van der Waals surface area (Å²) in [5.74, 6) is 1.65. The van der Waals surface area contributed by atoms with Crippen molar-refractivity contribution in [2.45, 2.75) is 46.5 Å². The molecule has 2 N–H and O–H groups in total. The van der Waals surface area contributed by atoms with E-state index in [1.165, 1.54) is 51.2 Å². The number of nitrogens with zero attached hydrogens (tertiary/aromatic N) is 2. The number of hydrogen-bond acceptors (Lipinski definition) is 5. The standard InChI is InChI=1S/C26H30N4S/c1-16-9-19-5-6-20(13-22(19)10-16)24-15-31-25(29-24)14-21-11-18(3)23(12-17(21)2)30-26-27-7-4-8-28-26/h5-6,11-13,15-16H,4,7-10,14H2,1-3H3,(H2,27,28,30). The van der Waals surface area contributed by atoms with Gasteiger partial charge in [0.1, 0.15) is 0 Å². The molecule has 1 aliphatic heterocycles. The number of aromatic nitrogens is 1. The molecule has 0 saturated heterocycles. The van der Waals surface area contributed by atoms with Crippen molar-refractivity contribution >= 4 is 23.0 Å². The predicted molar refractivity (Wildman–Crippen MR) is 131 cm³/mol. The van der Waals surface area contributed by atoms with Crippen LogP contribution in [0.4, 0.5) is 5.69 Å². The summed E-state index contributed by atoms with van der Waals surface area (Å²) in [5.41, 5.74) is 10.4. The lowest BCUT2D eigenvalue weighted by atomic mass is 10.0. The number of aryl methyl sites for hydroxylation is 2. The minimum Gasteiger partial charge on any atom is -0.356 e. The zero-order chi connectivity index (χ0) is 21.4. The van der Waals surface area contributed by atoms with Crippen LogP contribution < -0.4 is 10.6 Å². The maximum atomic E-state index is 4.98. The number of rotatable bonds is 4. The summed E-state index contributed by atoms with van der Waals surface area (Å²) in [4.78, 5) is 9.51. The molecule has 0 fully saturated rings. The van der Waals surface area contributed by atoms with Gasteiger partial charge in [0, 0.05) is 36.1 Å². The van der Waals surface area contributed by atoms with Crippen LogP contribution in [-0.2, 0) is 19.3 Å². The largest absolute Gasteiger partial charge is 0.356 e. The van der Waals surface area contributed by atoms with Crippen molar-refractivity contribution in [3.05, 3.63) is 68.5 Å². The number of hydrogen-bond donors (Lipinski definition) is 2. The Balaban J connectivity index is 1.33. The molecule has 0 radical (unpaired) electrons. The third-order valence-corrected chi connectivity index (χ3v) is 7.21. The van der Waals surface area contributed by atoms with Crippen LogP contribution >= 0.6 is 11.3 Å². The van der Waals surface area contributed by atoms with Gasteiger partial charge in [-0.2, -0.15) is 0 Å². The Hall–Kier alpha value is -2.66. The SMILES string of the molecule is Cc1cc(NC2=NCCCN2)c(C)cc1Cc1nc(-c2ccc3c(c2)CC(C)C3)cs1. The second-order valence-electron chi connectivity index (χ2n) is 9.03. The number of guanidine groups is 1. The van der Waals surface area contributed by atoms with Gasteiger partial charge in [-0.25, -0.2) is 4.98 Å². The number of fused-ring (bicyclic) bond motifs is 1. The summed E-state index contributed by atoms with van der Waals surface area (Å²) >= 11 is 1.76. The molecule has 3 aromatic rings. The summed E-state index contributed by atoms with van der Waals surface area (Å²) in [6.45, 7) is 8.56. The number of anilines is 1. The topological polar surface area (TPSA) is 49.3 Å². The van der Waals surface area contributed by atoms with E-state index in [1.807, 2.05) is 0 Å². The van der Waals surface area contributed by atoms with E-state index < -0.39 is 0 Å². The highest BCUT2D eigenvalue weighted by Gasteiger charge is 2.18. The van der Waals surface area contributed by atoms with E-state index >= 15 is 0 Å². The van der Waals surface area contributed by atoms with E-state index in [1.54, 1.807) is 11.3 Å². The summed E-state index contributed by atoms with van der Waals surface area (Å²) in [6.07, 6.45) is 4.38. The number of thiazole rings is 1. The summed E-state index contributed by atoms with van der Waals surface area (Å²) in [7, 11) is 0. The fourth-order valence-electron chi connectivity index (χ4n) is 4.63. The van der Waals surface area contributed by atoms with Crippen molar-refractivity contribution in [2.24, 2.45) is 10.9 Å². The minimum absolute atomic E-state index is 0.765. The van der Waals surface area contributed by atoms with Gasteiger partial charge >= 0.3 is 0 Å². The van der Waals surface area contributed by atoms with Gasteiger partial charge in [0.25, 0.3) is 0 Å². The maximum absolute atomic E-state index is 4.98. The number of benzene rings is 2. The molecule has 0 spiro atoms. The first-order chi connectivity index (χ1) is 15.0. The fraction of sp³-hybridized carbons (Fsp3) is 0.385. The Morgan fingerprint density at radius 3 is 2.81 bits per heavy atom. The zero-order valence-corrected chi connectivity index (χ0v) is 19.4. The van der Waals surface area contributed by atoms with Gasteiger partial charge in [-0.05, 0) is 79.0 Å². The first kappa shape index (κ1) is 20.3. The van der Waals surface area contributed by atoms with Gasteiger partial charge < -0.3 is 10.6 Å². The smallest absolute Gasteiger partial charge is 0.195 e. The van der Waals surface area contributed by atoms with Crippen molar-refractivity contribution in [2.75, 3.05) is 18.4 Å². The molecule has 5 rings (SSSR count). The van der Waals surface area contributed by atoms with Crippen LogP contribution in [0, 0.1) is 19.8 Å². The summed E-state index contributed by atoms with van der Waals surface area (Å²) < 4.78 is 0. The Kier molecular flexibility index (Phi) is 5.53. The van der Waals surface area contributed by atoms with Crippen molar-refractivity contribution < 1.29 is 0 Å². The number of aliphatic imine (C=N–C) groups is 1. The van der Waals surface area contributed by atoms with Crippen molar-refractivity contribution in [3.63, 3.8) is 0 Å². The molecule has 1 atom stereocenters. The van der Waals surface area contributed by atoms with Crippen LogP contribution in [0.1, 0.15) is 46.2 Å². The Morgan fingerprint density at radius 2 is 1.97 bits per heavy atom. The average molecular weight is 431 g/mol. The predicted octanol–water partition coefficient (Wildman–Crippen LogP) is 5.51. The highest BCUT2D eigenvalue weighted by atomic mass is 32.1. The Bertz CT molecular complexity index is 1140. The lowest BCUT2D eigenvalue weighted by Crippen LogP contribution is -2.35. The minimum atomic E-state index is 0.765. The van der Waals surface area contributed by atoms with Gasteiger partial charge in [-0.15, -0.1) is 11.3 Å². The van der Waals surface area contributed by atoms with Gasteiger partial charge in [-0.3, -0.25) is 4.99 Å². The fourth-order valence-corrected chi connectivity index (χ4v) is 5.46. The second kappa shape index (κ2) is 8.46. The van der Waals surface area contributed by atoms with E-state index in [0.29, 0.717) is 0 Å². The maximum Gasteiger partial charge on any atom is 0.195 e. The molecule has 1 aromatic heterocycles. The molecular weight excluding hydrogens is 400 g/mol. The van der Waals surface area contributed by atoms with Gasteiger partial charge in [-0.1, -0.05) is 25.1 Å². The first-order valence-corrected chi connectivity index (χ1v) is 12.1. The normalized spacial score (nSPS) is 17.8. The molecule has 5 heteroatoms. The first-order valence-electron chi connectivity index (χ1n) is 11.3. The third kappa shape index (κ3) is 4.38. The van der Waals surface area contributed by atoms with Gasteiger partial charge in [0.15, 0.2) is 5.96 Å². The molecule has 2 heterocycles. The molecule has 1 aliphatic carbocycles. The molecule has 160 valence electrons. The molecule has 0 amide bonds. The van der Waals surface area contributed by atoms with E-state index in [2.05, 4.69) is 72.1 Å². The van der Waals surface area contributed by atoms with Crippen molar-refractivity contribution in [1.29, 1.82) is 0 Å². The highest BCUT2D eigenvalue weighted by molar-refractivity contribution is 7.10. The van der Waals surface area contributed by atoms with E-state index in [0.717, 1.165) is 49.2 Å². The molecule has 0 saturated carbocycles. The van der Waals surface area contributed by atoms with Gasteiger partial charge in [0.2, 0.25) is 0 Å². The van der Waals surface area contributed by atoms with E-state index in [-0.39, 0.29) is 0 Å². The third-order valence-electron chi connectivity index (χ3n) is 6.37. The lowest BCUT2D eigenvalue weighted by Gasteiger charge is -2.18. The highest BCUT2D eigenvalue weighted by Crippen LogP contribution is 2.32. The molecule has 2 aromatic carbocycles. The Labute approximate surface area is 188 Å². The van der Waals surface area contributed by atoms with Gasteiger partial charge in [0.05, 0.1) is 10.7 Å². The lowest BCUT2D eigenvalue weighted by molar-refractivity contribution is 0.628. The molecule has 1 unspecified atom stereocenters. The van der Waals surface area contributed by atoms with Crippen molar-refractivity contribution in [3.8, 4) is 11.3 Å². The average Bonchev–Trinajstić information content (AvgIpc) is 3.37. The quantitative estimate of drug-likeness (QED) is 0.573. The van der Waals surface area contributed by atoms with E-state index in [4.69, 9.17) is 4.98 Å². The van der Waals surface area contributed by atoms with Crippen LogP contribution in [0.5, 0.6) is 0 Å². The summed E-state index contributed by atoms with van der Waals surface area (Å²) in [6, 6.07) is 11.4. The van der Waals surface area contributed by atoms with Crippen LogP contribution in [0.2, 0.25) is 0 Å². The summed E-state index contributed by atoms with van der Waals surface area (Å²) in [5, 5.41) is 10.2. The Morgan fingerprint density at radius 1 is 1.10 bits per heavy atom. The zero-order valence-electron chi connectivity index (χ0n) is 18.6. The molecule has 31 heavy (non-hydrogen) atoms. The molecule has 2 aliphatic rings. The second-order valence-corrected chi connectivity index (χ2v) is 9.97. The monoisotopic (exact) mass is 430 g/mol. The molecule has 4 nitrogen and oxygen atoms in total. The van der Waals surface area contributed by atoms with Crippen molar-refractivity contribution in [1.82, 2.24) is 10.3 Å². The number of nitrogens with one attached hydrogen (secondary N) is 2. The van der Waals surface area contributed by atoms with Crippen LogP contribution in [-0.4, -0.2) is 24.0 Å². The molecule has 0 bridgehead atoms. The van der Waals surface area contributed by atoms with Crippen LogP contribution in [0.25, 0.3) is 11.3 Å². The van der Waals surface area contributed by atoms with E-state index in [9.17, 15) is 0 Å².